The summed E-state index contributed by atoms with van der Waals surface area (Å²) in [4.78, 5) is 16.7. The van der Waals surface area contributed by atoms with Crippen LogP contribution in [0, 0.1) is 6.92 Å². The molecular formula is C23H28N4O4S. The third kappa shape index (κ3) is 6.10. The van der Waals surface area contributed by atoms with Crippen LogP contribution in [0.5, 0.6) is 5.75 Å². The lowest BCUT2D eigenvalue weighted by Gasteiger charge is -2.22. The van der Waals surface area contributed by atoms with Gasteiger partial charge >= 0.3 is 0 Å². The van der Waals surface area contributed by atoms with Crippen LogP contribution >= 0.6 is 0 Å². The van der Waals surface area contributed by atoms with Gasteiger partial charge in [-0.2, -0.15) is 0 Å². The van der Waals surface area contributed by atoms with Gasteiger partial charge in [0.15, 0.2) is 0 Å². The Morgan fingerprint density at radius 2 is 1.81 bits per heavy atom. The number of benzene rings is 2. The number of aryl methyl sites for hydroxylation is 1. The van der Waals surface area contributed by atoms with Crippen molar-refractivity contribution in [3.8, 4) is 11.4 Å². The molecule has 32 heavy (non-hydrogen) atoms. The van der Waals surface area contributed by atoms with Gasteiger partial charge < -0.3 is 14.6 Å². The highest BCUT2D eigenvalue weighted by molar-refractivity contribution is 7.92. The summed E-state index contributed by atoms with van der Waals surface area (Å²) < 4.78 is 33.1. The Kier molecular flexibility index (Phi) is 7.53. The van der Waals surface area contributed by atoms with Gasteiger partial charge in [-0.25, -0.2) is 13.4 Å². The molecule has 0 aliphatic rings. The molecular weight excluding hydrogens is 428 g/mol. The number of ether oxygens (including phenoxy) is 1. The van der Waals surface area contributed by atoms with Crippen LogP contribution in [-0.4, -0.2) is 43.3 Å². The molecule has 170 valence electrons. The number of anilines is 1. The molecule has 1 heterocycles. The van der Waals surface area contributed by atoms with E-state index in [9.17, 15) is 13.2 Å². The van der Waals surface area contributed by atoms with E-state index in [1.54, 1.807) is 30.5 Å². The first-order valence-electron chi connectivity index (χ1n) is 10.3. The van der Waals surface area contributed by atoms with Crippen LogP contribution in [0.25, 0.3) is 5.69 Å². The molecule has 1 aromatic heterocycles. The number of nitrogens with zero attached hydrogens (tertiary/aromatic N) is 3. The molecule has 2 aromatic carbocycles. The molecule has 0 unspecified atom stereocenters. The van der Waals surface area contributed by atoms with Gasteiger partial charge in [0.2, 0.25) is 15.9 Å². The molecule has 1 amide bonds. The Morgan fingerprint density at radius 3 is 2.38 bits per heavy atom. The lowest BCUT2D eigenvalue weighted by Crippen LogP contribution is -2.40. The summed E-state index contributed by atoms with van der Waals surface area (Å²) in [7, 11) is -3.64. The highest BCUT2D eigenvalue weighted by atomic mass is 32.2. The number of nitrogens with one attached hydrogen (secondary N) is 1. The molecule has 0 saturated heterocycles. The Bertz CT molecular complexity index is 1140. The van der Waals surface area contributed by atoms with E-state index in [0.29, 0.717) is 24.6 Å². The smallest absolute Gasteiger partial charge is 0.241 e. The molecule has 0 bridgehead atoms. The van der Waals surface area contributed by atoms with Crippen LogP contribution in [-0.2, 0) is 21.4 Å². The van der Waals surface area contributed by atoms with Crippen LogP contribution in [0.1, 0.15) is 24.7 Å². The third-order valence-electron chi connectivity index (χ3n) is 4.82. The quantitative estimate of drug-likeness (QED) is 0.506. The first kappa shape index (κ1) is 23.3. The molecule has 0 atom stereocenters. The third-order valence-corrected chi connectivity index (χ3v) is 5.96. The van der Waals surface area contributed by atoms with E-state index in [-0.39, 0.29) is 6.54 Å². The summed E-state index contributed by atoms with van der Waals surface area (Å²) in [6.07, 6.45) is 5.58. The van der Waals surface area contributed by atoms with Crippen LogP contribution in [0.15, 0.2) is 60.9 Å². The molecule has 3 rings (SSSR count). The fraction of sp³-hybridized carbons (Fsp3) is 0.304. The zero-order valence-corrected chi connectivity index (χ0v) is 19.3. The van der Waals surface area contributed by atoms with E-state index in [1.165, 1.54) is 0 Å². The number of hydrogen-bond donors (Lipinski definition) is 1. The first-order valence-corrected chi connectivity index (χ1v) is 12.2. The summed E-state index contributed by atoms with van der Waals surface area (Å²) in [5.74, 6) is 1.15. The number of carbonyl (C=O) groups excluding carboxylic acids is 1. The van der Waals surface area contributed by atoms with Gasteiger partial charge in [0.25, 0.3) is 0 Å². The first-order chi connectivity index (χ1) is 15.3. The molecule has 0 fully saturated rings. The molecule has 1 N–H and O–H groups in total. The average molecular weight is 457 g/mol. The van der Waals surface area contributed by atoms with Crippen LogP contribution in [0.2, 0.25) is 0 Å². The number of rotatable bonds is 10. The number of amides is 1. The summed E-state index contributed by atoms with van der Waals surface area (Å²) in [5.41, 5.74) is 2.29. The van der Waals surface area contributed by atoms with E-state index in [4.69, 9.17) is 4.74 Å². The summed E-state index contributed by atoms with van der Waals surface area (Å²) in [6.45, 7) is 4.50. The summed E-state index contributed by atoms with van der Waals surface area (Å²) >= 11 is 0. The zero-order valence-electron chi connectivity index (χ0n) is 18.5. The highest BCUT2D eigenvalue weighted by Crippen LogP contribution is 2.21. The maximum absolute atomic E-state index is 12.5. The van der Waals surface area contributed by atoms with Crippen molar-refractivity contribution >= 4 is 21.6 Å². The van der Waals surface area contributed by atoms with Crippen molar-refractivity contribution in [1.29, 1.82) is 0 Å². The van der Waals surface area contributed by atoms with Gasteiger partial charge in [-0.15, -0.1) is 0 Å². The SMILES string of the molecule is CCCOc1ccc(N(CC(=O)NCc2ccc(-n3ccnc3C)cc2)S(C)(=O)=O)cc1. The normalized spacial score (nSPS) is 11.2. The van der Waals surface area contributed by atoms with Gasteiger partial charge in [0.05, 0.1) is 18.6 Å². The largest absolute Gasteiger partial charge is 0.494 e. The lowest BCUT2D eigenvalue weighted by atomic mass is 10.2. The number of carbonyl (C=O) groups is 1. The van der Waals surface area contributed by atoms with E-state index in [1.807, 2.05) is 48.9 Å². The monoisotopic (exact) mass is 456 g/mol. The standard InChI is InChI=1S/C23H28N4O4S/c1-4-15-31-22-11-9-21(10-12-22)27(32(3,29)30)17-23(28)25-16-19-5-7-20(8-6-19)26-14-13-24-18(26)2/h5-14H,4,15-17H2,1-3H3,(H,25,28). The van der Waals surface area contributed by atoms with E-state index >= 15 is 0 Å². The second-order valence-electron chi connectivity index (χ2n) is 7.40. The molecule has 9 heteroatoms. The second kappa shape index (κ2) is 10.3. The van der Waals surface area contributed by atoms with E-state index in [0.717, 1.165) is 34.1 Å². The Labute approximate surface area is 188 Å². The highest BCUT2D eigenvalue weighted by Gasteiger charge is 2.20. The van der Waals surface area contributed by atoms with Gasteiger partial charge in [-0.05, 0) is 55.3 Å². The van der Waals surface area contributed by atoms with E-state index in [2.05, 4.69) is 10.3 Å². The molecule has 3 aromatic rings. The number of imidazole rings is 1. The van der Waals surface area contributed by atoms with Crippen LogP contribution in [0.3, 0.4) is 0 Å². The topological polar surface area (TPSA) is 93.5 Å². The van der Waals surface area contributed by atoms with E-state index < -0.39 is 15.9 Å². The summed E-state index contributed by atoms with van der Waals surface area (Å²) in [5, 5.41) is 2.79. The lowest BCUT2D eigenvalue weighted by molar-refractivity contribution is -0.119. The number of sulfonamides is 1. The van der Waals surface area contributed by atoms with Crippen molar-refractivity contribution in [3.63, 3.8) is 0 Å². The fourth-order valence-electron chi connectivity index (χ4n) is 3.14. The van der Waals surface area contributed by atoms with Crippen LogP contribution < -0.4 is 14.4 Å². The number of hydrogen-bond acceptors (Lipinski definition) is 5. The predicted molar refractivity (Wildman–Crippen MR) is 125 cm³/mol. The predicted octanol–water partition coefficient (Wildman–Crippen LogP) is 3.05. The molecule has 0 saturated carbocycles. The van der Waals surface area contributed by atoms with Crippen molar-refractivity contribution in [3.05, 3.63) is 72.3 Å². The van der Waals surface area contributed by atoms with Gasteiger partial charge in [-0.3, -0.25) is 9.10 Å². The van der Waals surface area contributed by atoms with Crippen molar-refractivity contribution < 1.29 is 17.9 Å². The maximum atomic E-state index is 12.5. The fourth-order valence-corrected chi connectivity index (χ4v) is 4.00. The van der Waals surface area contributed by atoms with Crippen molar-refractivity contribution in [1.82, 2.24) is 14.9 Å². The Balaban J connectivity index is 1.61. The Morgan fingerprint density at radius 1 is 1.12 bits per heavy atom. The van der Waals surface area contributed by atoms with Crippen molar-refractivity contribution in [2.45, 2.75) is 26.8 Å². The summed E-state index contributed by atoms with van der Waals surface area (Å²) in [6, 6.07) is 14.4. The second-order valence-corrected chi connectivity index (χ2v) is 9.31. The molecule has 0 aliphatic heterocycles. The van der Waals surface area contributed by atoms with Crippen molar-refractivity contribution in [2.75, 3.05) is 23.7 Å². The Hall–Kier alpha value is -3.33. The van der Waals surface area contributed by atoms with Crippen LogP contribution in [0.4, 0.5) is 5.69 Å². The van der Waals surface area contributed by atoms with Gasteiger partial charge in [0.1, 0.15) is 18.1 Å². The van der Waals surface area contributed by atoms with Gasteiger partial charge in [0, 0.05) is 24.6 Å². The minimum atomic E-state index is -3.64. The minimum absolute atomic E-state index is 0.295. The average Bonchev–Trinajstić information content (AvgIpc) is 3.20. The van der Waals surface area contributed by atoms with Gasteiger partial charge in [-0.1, -0.05) is 19.1 Å². The molecule has 0 aliphatic carbocycles. The zero-order chi connectivity index (χ0) is 23.1. The maximum Gasteiger partial charge on any atom is 0.241 e. The molecule has 0 radical (unpaired) electrons. The molecule has 8 nitrogen and oxygen atoms in total. The number of aromatic nitrogens is 2. The molecule has 0 spiro atoms. The minimum Gasteiger partial charge on any atom is -0.494 e. The van der Waals surface area contributed by atoms with Crippen molar-refractivity contribution in [2.24, 2.45) is 0 Å².